The molecule has 4 heteroatoms. The number of rotatable bonds is 14. The van der Waals surface area contributed by atoms with Gasteiger partial charge < -0.3 is 8.85 Å². The third kappa shape index (κ3) is 14.7. The fourth-order valence-electron chi connectivity index (χ4n) is 6.94. The Hall–Kier alpha value is -2.51. The standard InChI is InChI=1S/C52H84O2Si2/c1-39(27-23-29-41(3)31-33-45-43(5)47(35-37-51(45,13)14)53-55(17,18)49(7,8)9)25-21-22-26-40(2)28-24-30-42(4)32-34-46-44(6)48(36-38-52(46,15)16)54-56(19,20)50(10,11)12/h21-34,47-48H,35-38H2,1-20H3/b22-21+,27-23+,28-24+,33-31+,34-32+,39-25+,40-26+,41-29+,42-30+/t47-,48-/m1/s1. The van der Waals surface area contributed by atoms with Crippen LogP contribution in [0.4, 0.5) is 0 Å². The topological polar surface area (TPSA) is 18.5 Å². The predicted octanol–water partition coefficient (Wildman–Crippen LogP) is 16.6. The van der Waals surface area contributed by atoms with Crippen molar-refractivity contribution >= 4 is 16.6 Å². The normalized spacial score (nSPS) is 23.1. The zero-order valence-electron chi connectivity index (χ0n) is 39.9. The van der Waals surface area contributed by atoms with Crippen molar-refractivity contribution in [2.75, 3.05) is 0 Å². The van der Waals surface area contributed by atoms with Gasteiger partial charge in [0.1, 0.15) is 0 Å². The van der Waals surface area contributed by atoms with Crippen LogP contribution in [0.3, 0.4) is 0 Å². The molecular formula is C52H84O2Si2. The molecule has 2 atom stereocenters. The molecule has 0 amide bonds. The molecule has 0 aromatic heterocycles. The molecule has 0 aromatic rings. The van der Waals surface area contributed by atoms with Gasteiger partial charge >= 0.3 is 0 Å². The van der Waals surface area contributed by atoms with E-state index < -0.39 is 16.6 Å². The summed E-state index contributed by atoms with van der Waals surface area (Å²) in [6.07, 6.45) is 35.8. The Bertz CT molecular complexity index is 1580. The molecule has 2 aliphatic carbocycles. The van der Waals surface area contributed by atoms with Crippen molar-refractivity contribution in [3.05, 3.63) is 130 Å². The zero-order valence-corrected chi connectivity index (χ0v) is 41.9. The van der Waals surface area contributed by atoms with E-state index in [9.17, 15) is 0 Å². The van der Waals surface area contributed by atoms with E-state index in [1.54, 1.807) is 0 Å². The monoisotopic (exact) mass is 797 g/mol. The highest BCUT2D eigenvalue weighted by Crippen LogP contribution is 2.47. The van der Waals surface area contributed by atoms with Gasteiger partial charge in [-0.05, 0) is 137 Å². The van der Waals surface area contributed by atoms with E-state index in [1.165, 1.54) is 44.6 Å². The van der Waals surface area contributed by atoms with Crippen LogP contribution in [-0.2, 0) is 8.85 Å². The van der Waals surface area contributed by atoms with Gasteiger partial charge in [-0.2, -0.15) is 0 Å². The first-order valence-corrected chi connectivity index (χ1v) is 27.2. The second kappa shape index (κ2) is 20.0. The Morgan fingerprint density at radius 2 is 0.804 bits per heavy atom. The van der Waals surface area contributed by atoms with Crippen LogP contribution in [0.1, 0.15) is 136 Å². The summed E-state index contributed by atoms with van der Waals surface area (Å²) in [7, 11) is -3.67. The lowest BCUT2D eigenvalue weighted by Crippen LogP contribution is -2.45. The van der Waals surface area contributed by atoms with Crippen LogP contribution in [0.25, 0.3) is 0 Å². The maximum absolute atomic E-state index is 6.90. The molecule has 0 aliphatic heterocycles. The summed E-state index contributed by atoms with van der Waals surface area (Å²) in [4.78, 5) is 0. The van der Waals surface area contributed by atoms with Crippen LogP contribution in [0, 0.1) is 10.8 Å². The molecule has 0 unspecified atom stereocenters. The zero-order chi connectivity index (χ0) is 42.9. The van der Waals surface area contributed by atoms with Crippen LogP contribution in [0.15, 0.2) is 130 Å². The van der Waals surface area contributed by atoms with Crippen LogP contribution in [0.5, 0.6) is 0 Å². The average molecular weight is 797 g/mol. The van der Waals surface area contributed by atoms with Gasteiger partial charge in [-0.1, -0.05) is 177 Å². The molecule has 0 heterocycles. The van der Waals surface area contributed by atoms with Crippen molar-refractivity contribution < 1.29 is 8.85 Å². The maximum Gasteiger partial charge on any atom is 0.192 e. The molecule has 0 saturated carbocycles. The second-order valence-corrected chi connectivity index (χ2v) is 30.7. The molecule has 0 aromatic carbocycles. The van der Waals surface area contributed by atoms with Crippen molar-refractivity contribution in [1.29, 1.82) is 0 Å². The van der Waals surface area contributed by atoms with E-state index in [0.29, 0.717) is 0 Å². The van der Waals surface area contributed by atoms with E-state index >= 15 is 0 Å². The van der Waals surface area contributed by atoms with Gasteiger partial charge in [-0.25, -0.2) is 0 Å². The van der Waals surface area contributed by atoms with Crippen LogP contribution >= 0.6 is 0 Å². The molecular weight excluding hydrogens is 713 g/mol. The van der Waals surface area contributed by atoms with Gasteiger partial charge in [0, 0.05) is 0 Å². The third-order valence-electron chi connectivity index (χ3n) is 13.1. The number of allylic oxidation sites excluding steroid dienone is 20. The van der Waals surface area contributed by atoms with Gasteiger partial charge in [0.05, 0.1) is 12.2 Å². The molecule has 2 aliphatic rings. The lowest BCUT2D eigenvalue weighted by atomic mass is 9.71. The van der Waals surface area contributed by atoms with E-state index in [1.807, 2.05) is 0 Å². The summed E-state index contributed by atoms with van der Waals surface area (Å²) in [5, 5.41) is 0.424. The molecule has 0 spiro atoms. The first-order chi connectivity index (χ1) is 25.5. The summed E-state index contributed by atoms with van der Waals surface area (Å²) in [5.41, 5.74) is 10.9. The molecule has 0 bridgehead atoms. The lowest BCUT2D eigenvalue weighted by molar-refractivity contribution is 0.168. The van der Waals surface area contributed by atoms with E-state index in [2.05, 4.69) is 222 Å². The first kappa shape index (κ1) is 49.6. The highest BCUT2D eigenvalue weighted by molar-refractivity contribution is 6.74. The average Bonchev–Trinajstić information content (AvgIpc) is 3.04. The van der Waals surface area contributed by atoms with E-state index in [4.69, 9.17) is 8.85 Å². The molecule has 0 radical (unpaired) electrons. The number of hydrogen-bond acceptors (Lipinski definition) is 2. The summed E-state index contributed by atoms with van der Waals surface area (Å²) < 4.78 is 13.8. The fourth-order valence-corrected chi connectivity index (χ4v) is 9.66. The Balaban J connectivity index is 2.04. The quantitative estimate of drug-likeness (QED) is 0.129. The third-order valence-corrected chi connectivity index (χ3v) is 22.1. The minimum Gasteiger partial charge on any atom is -0.410 e. The minimum absolute atomic E-state index is 0.153. The Morgan fingerprint density at radius 3 is 1.11 bits per heavy atom. The van der Waals surface area contributed by atoms with Gasteiger partial charge in [0.25, 0.3) is 0 Å². The lowest BCUT2D eigenvalue weighted by Gasteiger charge is -2.44. The summed E-state index contributed by atoms with van der Waals surface area (Å²) in [6.45, 7) is 46.2. The van der Waals surface area contributed by atoms with Gasteiger partial charge in [-0.3, -0.25) is 0 Å². The highest BCUT2D eigenvalue weighted by Gasteiger charge is 2.43. The van der Waals surface area contributed by atoms with Gasteiger partial charge in [-0.15, -0.1) is 0 Å². The van der Waals surface area contributed by atoms with Gasteiger partial charge in [0.15, 0.2) is 16.6 Å². The summed E-state index contributed by atoms with van der Waals surface area (Å²) in [5.74, 6) is 0. The highest BCUT2D eigenvalue weighted by atomic mass is 28.4. The largest absolute Gasteiger partial charge is 0.410 e. The van der Waals surface area contributed by atoms with E-state index in [0.717, 1.165) is 25.7 Å². The smallest absolute Gasteiger partial charge is 0.192 e. The first-order valence-electron chi connectivity index (χ1n) is 21.4. The molecule has 56 heavy (non-hydrogen) atoms. The molecule has 0 fully saturated rings. The van der Waals surface area contributed by atoms with Crippen LogP contribution < -0.4 is 0 Å². The SMILES string of the molecule is CC1=C(/C=C/C(C)=C/C=C/C(C)=C/C=C/C=C(C)/C=C/C=C(C)/C=C/C2=C(C)[C@H](O[Si](C)(C)C(C)(C)C)CCC2(C)C)C(C)(C)CC[C@H]1O[Si](C)(C)C(C)(C)C. The van der Waals surface area contributed by atoms with Crippen molar-refractivity contribution in [1.82, 2.24) is 0 Å². The van der Waals surface area contributed by atoms with Crippen LogP contribution in [-0.4, -0.2) is 28.8 Å². The Morgan fingerprint density at radius 1 is 0.518 bits per heavy atom. The van der Waals surface area contributed by atoms with Crippen molar-refractivity contribution in [2.45, 2.75) is 185 Å². The Kier molecular flexibility index (Phi) is 17.7. The Labute approximate surface area is 349 Å². The van der Waals surface area contributed by atoms with Gasteiger partial charge in [0.2, 0.25) is 0 Å². The number of hydrogen-bond donors (Lipinski definition) is 0. The van der Waals surface area contributed by atoms with Crippen molar-refractivity contribution in [3.63, 3.8) is 0 Å². The fraction of sp³-hybridized carbons (Fsp3) is 0.577. The molecule has 2 nitrogen and oxygen atoms in total. The summed E-state index contributed by atoms with van der Waals surface area (Å²) in [6, 6.07) is 0. The molecule has 0 saturated heterocycles. The van der Waals surface area contributed by atoms with Crippen molar-refractivity contribution in [3.8, 4) is 0 Å². The second-order valence-electron chi connectivity index (χ2n) is 21.2. The summed E-state index contributed by atoms with van der Waals surface area (Å²) >= 11 is 0. The van der Waals surface area contributed by atoms with Crippen molar-refractivity contribution in [2.24, 2.45) is 10.8 Å². The van der Waals surface area contributed by atoms with E-state index in [-0.39, 0.29) is 33.1 Å². The van der Waals surface area contributed by atoms with Crippen LogP contribution in [0.2, 0.25) is 36.3 Å². The molecule has 0 N–H and O–H groups in total. The predicted molar refractivity (Wildman–Crippen MR) is 256 cm³/mol. The minimum atomic E-state index is -1.84. The molecule has 2 rings (SSSR count). The molecule has 312 valence electrons. The maximum atomic E-state index is 6.90.